The maximum absolute atomic E-state index is 12.6. The maximum Gasteiger partial charge on any atom is 0.417 e. The highest BCUT2D eigenvalue weighted by molar-refractivity contribution is 8.15. The Labute approximate surface area is 166 Å². The van der Waals surface area contributed by atoms with Crippen LogP contribution in [0, 0.1) is 0 Å². The Kier molecular flexibility index (Phi) is 5.97. The minimum Gasteiger partial charge on any atom is -0.481 e. The summed E-state index contributed by atoms with van der Waals surface area (Å²) in [6, 6.07) is 9.00. The number of pyridine rings is 1. The molecule has 0 aliphatic carbocycles. The average molecular weight is 422 g/mol. The molecule has 1 aromatic carbocycles. The summed E-state index contributed by atoms with van der Waals surface area (Å²) >= 11 is 0.991. The lowest BCUT2D eigenvalue weighted by Gasteiger charge is -2.07. The molecule has 150 valence electrons. The molecule has 1 atom stereocenters. The van der Waals surface area contributed by atoms with Gasteiger partial charge in [0, 0.05) is 11.8 Å². The molecule has 2 aromatic rings. The molecule has 1 unspecified atom stereocenters. The first kappa shape index (κ1) is 20.5. The number of aliphatic carboxylic acids is 1. The molecule has 1 saturated heterocycles. The molecule has 0 saturated carbocycles. The van der Waals surface area contributed by atoms with E-state index in [-0.39, 0.29) is 11.6 Å². The van der Waals surface area contributed by atoms with Crippen LogP contribution in [0.2, 0.25) is 0 Å². The van der Waals surface area contributed by atoms with E-state index < -0.39 is 28.9 Å². The number of halogens is 3. The second-order valence-electron chi connectivity index (χ2n) is 5.90. The van der Waals surface area contributed by atoms with Crippen LogP contribution in [0.25, 0.3) is 11.3 Å². The van der Waals surface area contributed by atoms with Crippen LogP contribution >= 0.6 is 11.8 Å². The van der Waals surface area contributed by atoms with Crippen molar-refractivity contribution in [1.82, 2.24) is 10.3 Å². The number of alkyl halides is 3. The Morgan fingerprint density at radius 2 is 1.97 bits per heavy atom. The van der Waals surface area contributed by atoms with Crippen LogP contribution in [-0.4, -0.2) is 38.6 Å². The van der Waals surface area contributed by atoms with Gasteiger partial charge < -0.3 is 10.4 Å². The lowest BCUT2D eigenvalue weighted by molar-refractivity contribution is -0.138. The van der Waals surface area contributed by atoms with E-state index in [1.54, 1.807) is 24.3 Å². The van der Waals surface area contributed by atoms with Gasteiger partial charge in [-0.1, -0.05) is 36.0 Å². The Balaban J connectivity index is 1.63. The minimum absolute atomic E-state index is 0.211. The van der Waals surface area contributed by atoms with Crippen molar-refractivity contribution >= 4 is 35.0 Å². The second kappa shape index (κ2) is 8.43. The van der Waals surface area contributed by atoms with Gasteiger partial charge in [-0.15, -0.1) is 5.10 Å². The lowest BCUT2D eigenvalue weighted by atomic mass is 10.1. The minimum atomic E-state index is -4.43. The van der Waals surface area contributed by atoms with Crippen molar-refractivity contribution < 1.29 is 27.9 Å². The van der Waals surface area contributed by atoms with Gasteiger partial charge in [-0.3, -0.25) is 14.6 Å². The number of carboxylic acids is 1. The first-order valence-corrected chi connectivity index (χ1v) is 9.04. The van der Waals surface area contributed by atoms with Crippen molar-refractivity contribution in [2.45, 2.75) is 17.8 Å². The number of aromatic nitrogens is 1. The quantitative estimate of drug-likeness (QED) is 0.569. The van der Waals surface area contributed by atoms with Crippen molar-refractivity contribution in [3.8, 4) is 11.3 Å². The van der Waals surface area contributed by atoms with Gasteiger partial charge in [0.1, 0.15) is 5.25 Å². The first-order chi connectivity index (χ1) is 13.7. The molecule has 7 nitrogen and oxygen atoms in total. The third-order valence-corrected chi connectivity index (χ3v) is 4.86. The van der Waals surface area contributed by atoms with Crippen molar-refractivity contribution in [1.29, 1.82) is 0 Å². The maximum atomic E-state index is 12.6. The number of carbonyl (C=O) groups excluding carboxylic acids is 1. The summed E-state index contributed by atoms with van der Waals surface area (Å²) in [7, 11) is 0. The van der Waals surface area contributed by atoms with E-state index in [4.69, 9.17) is 5.11 Å². The van der Waals surface area contributed by atoms with Crippen LogP contribution in [0.15, 0.2) is 52.8 Å². The molecular formula is C18H13F3N4O3S. The molecule has 3 rings (SSSR count). The van der Waals surface area contributed by atoms with Gasteiger partial charge in [0.05, 0.1) is 23.9 Å². The topological polar surface area (TPSA) is 104 Å². The number of hydrogen-bond donors (Lipinski definition) is 2. The van der Waals surface area contributed by atoms with E-state index in [2.05, 4.69) is 20.5 Å². The summed E-state index contributed by atoms with van der Waals surface area (Å²) in [4.78, 5) is 26.1. The fraction of sp³-hybridized carbons (Fsp3) is 0.167. The number of nitrogens with zero attached hydrogens (tertiary/aromatic N) is 3. The largest absolute Gasteiger partial charge is 0.481 e. The molecule has 29 heavy (non-hydrogen) atoms. The first-order valence-electron chi connectivity index (χ1n) is 8.16. The predicted octanol–water partition coefficient (Wildman–Crippen LogP) is 3.16. The summed E-state index contributed by atoms with van der Waals surface area (Å²) in [6.07, 6.45) is -2.53. The number of benzene rings is 1. The molecule has 1 fully saturated rings. The van der Waals surface area contributed by atoms with E-state index in [0.29, 0.717) is 16.8 Å². The van der Waals surface area contributed by atoms with Gasteiger partial charge in [0.25, 0.3) is 0 Å². The average Bonchev–Trinajstić information content (AvgIpc) is 3.00. The van der Waals surface area contributed by atoms with Crippen molar-refractivity contribution in [2.24, 2.45) is 10.2 Å². The fourth-order valence-corrected chi connectivity index (χ4v) is 3.28. The molecular weight excluding hydrogens is 409 g/mol. The number of hydrogen-bond acceptors (Lipinski definition) is 6. The molecule has 1 aromatic heterocycles. The molecule has 1 aliphatic rings. The SMILES string of the molecule is O=C(O)CC1SC(=NN=Cc2ccc(-c3ccc(C(F)(F)F)cn3)cc2)NC1=O. The smallest absolute Gasteiger partial charge is 0.417 e. The zero-order valence-electron chi connectivity index (χ0n) is 14.6. The van der Waals surface area contributed by atoms with Crippen LogP contribution in [0.5, 0.6) is 0 Å². The van der Waals surface area contributed by atoms with Gasteiger partial charge in [0.15, 0.2) is 5.17 Å². The second-order valence-corrected chi connectivity index (χ2v) is 7.09. The van der Waals surface area contributed by atoms with Crippen LogP contribution in [0.3, 0.4) is 0 Å². The van der Waals surface area contributed by atoms with Crippen LogP contribution in [0.4, 0.5) is 13.2 Å². The number of rotatable bonds is 5. The Hall–Kier alpha value is -3.21. The number of amides is 1. The lowest BCUT2D eigenvalue weighted by Crippen LogP contribution is -2.26. The molecule has 0 spiro atoms. The zero-order chi connectivity index (χ0) is 21.0. The Morgan fingerprint density at radius 3 is 2.55 bits per heavy atom. The molecule has 1 amide bonds. The van der Waals surface area contributed by atoms with Crippen molar-refractivity contribution in [3.05, 3.63) is 53.7 Å². The summed E-state index contributed by atoms with van der Waals surface area (Å²) in [5.74, 6) is -1.51. The van der Waals surface area contributed by atoms with E-state index in [9.17, 15) is 22.8 Å². The van der Waals surface area contributed by atoms with Gasteiger partial charge in [-0.05, 0) is 17.7 Å². The standard InChI is InChI=1S/C18H13F3N4O3S/c19-18(20,21)12-5-6-13(22-9-12)11-3-1-10(2-4-11)8-23-25-17-24-16(28)14(29-17)7-15(26)27/h1-6,8-9,14H,7H2,(H,26,27)(H,24,25,28). The predicted molar refractivity (Wildman–Crippen MR) is 101 cm³/mol. The molecule has 0 radical (unpaired) electrons. The Bertz CT molecular complexity index is 973. The molecule has 2 N–H and O–H groups in total. The van der Waals surface area contributed by atoms with Gasteiger partial charge in [-0.25, -0.2) is 0 Å². The summed E-state index contributed by atoms with van der Waals surface area (Å²) in [6.45, 7) is 0. The van der Waals surface area contributed by atoms with Gasteiger partial charge in [0.2, 0.25) is 5.91 Å². The van der Waals surface area contributed by atoms with E-state index >= 15 is 0 Å². The van der Waals surface area contributed by atoms with Crippen molar-refractivity contribution in [3.63, 3.8) is 0 Å². The normalized spacial score (nSPS) is 18.4. The summed E-state index contributed by atoms with van der Waals surface area (Å²) in [5.41, 5.74) is 0.890. The third-order valence-electron chi connectivity index (χ3n) is 3.79. The molecule has 2 heterocycles. The van der Waals surface area contributed by atoms with Crippen LogP contribution in [0.1, 0.15) is 17.5 Å². The van der Waals surface area contributed by atoms with E-state index in [1.807, 2.05) is 0 Å². The number of carbonyl (C=O) groups is 2. The van der Waals surface area contributed by atoms with Gasteiger partial charge >= 0.3 is 12.1 Å². The van der Waals surface area contributed by atoms with Gasteiger partial charge in [-0.2, -0.15) is 18.3 Å². The number of nitrogens with one attached hydrogen (secondary N) is 1. The van der Waals surface area contributed by atoms with E-state index in [1.165, 1.54) is 12.3 Å². The molecule has 11 heteroatoms. The fourth-order valence-electron chi connectivity index (χ4n) is 2.37. The summed E-state index contributed by atoms with van der Waals surface area (Å²) < 4.78 is 37.8. The van der Waals surface area contributed by atoms with E-state index in [0.717, 1.165) is 24.0 Å². The monoisotopic (exact) mass is 422 g/mol. The highest BCUT2D eigenvalue weighted by atomic mass is 32.2. The zero-order valence-corrected chi connectivity index (χ0v) is 15.4. The van der Waals surface area contributed by atoms with Crippen molar-refractivity contribution in [2.75, 3.05) is 0 Å². The molecule has 0 bridgehead atoms. The third kappa shape index (κ3) is 5.41. The Morgan fingerprint density at radius 1 is 1.24 bits per heavy atom. The van der Waals surface area contributed by atoms with Crippen LogP contribution < -0.4 is 5.32 Å². The summed E-state index contributed by atoms with van der Waals surface area (Å²) in [5, 5.41) is 18.4. The number of amidine groups is 1. The number of carboxylic acid groups (broad SMARTS) is 1. The highest BCUT2D eigenvalue weighted by Gasteiger charge is 2.32. The molecule has 1 aliphatic heterocycles. The van der Waals surface area contributed by atoms with Crippen LogP contribution in [-0.2, 0) is 15.8 Å². The highest BCUT2D eigenvalue weighted by Crippen LogP contribution is 2.29. The number of thioether (sulfide) groups is 1.